The minimum Gasteiger partial charge on any atom is -0.494 e. The minimum absolute atomic E-state index is 0.0757. The smallest absolute Gasteiger partial charge is 0.227 e. The molecule has 2 atom stereocenters. The number of nitrogens with one attached hydrogen (secondary N) is 1. The van der Waals surface area contributed by atoms with Crippen molar-refractivity contribution in [3.05, 3.63) is 54.3 Å². The summed E-state index contributed by atoms with van der Waals surface area (Å²) in [4.78, 5) is 16.9. The van der Waals surface area contributed by atoms with Gasteiger partial charge in [-0.25, -0.2) is 4.39 Å². The van der Waals surface area contributed by atoms with Crippen molar-refractivity contribution in [1.82, 2.24) is 4.90 Å². The van der Waals surface area contributed by atoms with Crippen LogP contribution in [0.5, 0.6) is 5.75 Å². The van der Waals surface area contributed by atoms with Crippen molar-refractivity contribution < 1.29 is 13.9 Å². The third-order valence-corrected chi connectivity index (χ3v) is 6.38. The molecule has 0 aromatic heterocycles. The fourth-order valence-electron chi connectivity index (χ4n) is 4.58. The van der Waals surface area contributed by atoms with Gasteiger partial charge in [-0.2, -0.15) is 0 Å². The Hall–Kier alpha value is -2.60. The van der Waals surface area contributed by atoms with E-state index in [1.807, 2.05) is 29.2 Å². The molecule has 2 heterocycles. The van der Waals surface area contributed by atoms with E-state index in [2.05, 4.69) is 17.1 Å². The molecule has 2 aliphatic rings. The molecular weight excluding hydrogens is 393 g/mol. The summed E-state index contributed by atoms with van der Waals surface area (Å²) in [5, 5.41) is 3.32. The molecule has 2 aromatic carbocycles. The van der Waals surface area contributed by atoms with E-state index < -0.39 is 0 Å². The highest BCUT2D eigenvalue weighted by Gasteiger charge is 2.31. The first kappa shape index (κ1) is 21.6. The third kappa shape index (κ3) is 5.56. The summed E-state index contributed by atoms with van der Waals surface area (Å²) in [6, 6.07) is 14.9. The van der Waals surface area contributed by atoms with E-state index >= 15 is 0 Å². The van der Waals surface area contributed by atoms with E-state index in [0.29, 0.717) is 25.6 Å². The summed E-state index contributed by atoms with van der Waals surface area (Å²) in [5.74, 6) is 0.723. The number of anilines is 2. The van der Waals surface area contributed by atoms with Crippen LogP contribution in [0.15, 0.2) is 48.5 Å². The Kier molecular flexibility index (Phi) is 7.07. The van der Waals surface area contributed by atoms with Crippen molar-refractivity contribution in [1.29, 1.82) is 0 Å². The van der Waals surface area contributed by atoms with Gasteiger partial charge in [0, 0.05) is 36.9 Å². The molecular formula is C25H32FN3O2. The van der Waals surface area contributed by atoms with Gasteiger partial charge in [0.2, 0.25) is 5.91 Å². The highest BCUT2D eigenvalue weighted by molar-refractivity contribution is 5.96. The van der Waals surface area contributed by atoms with Gasteiger partial charge < -0.3 is 19.9 Å². The molecule has 2 unspecified atom stereocenters. The van der Waals surface area contributed by atoms with E-state index in [1.54, 1.807) is 12.1 Å². The van der Waals surface area contributed by atoms with Gasteiger partial charge in [0.25, 0.3) is 0 Å². The van der Waals surface area contributed by atoms with E-state index in [-0.39, 0.29) is 17.8 Å². The van der Waals surface area contributed by atoms with E-state index in [4.69, 9.17) is 4.74 Å². The van der Waals surface area contributed by atoms with Crippen molar-refractivity contribution in [2.75, 3.05) is 36.5 Å². The lowest BCUT2D eigenvalue weighted by Crippen LogP contribution is -2.37. The molecule has 31 heavy (non-hydrogen) atoms. The predicted molar refractivity (Wildman–Crippen MR) is 122 cm³/mol. The molecule has 2 saturated heterocycles. The van der Waals surface area contributed by atoms with Crippen LogP contribution in [0.3, 0.4) is 0 Å². The summed E-state index contributed by atoms with van der Waals surface area (Å²) in [7, 11) is 0. The number of hydrogen-bond acceptors (Lipinski definition) is 4. The lowest BCUT2D eigenvalue weighted by atomic mass is 10.2. The normalized spacial score (nSPS) is 21.6. The molecule has 0 saturated carbocycles. The number of carbonyl (C=O) groups is 1. The lowest BCUT2D eigenvalue weighted by molar-refractivity contribution is -0.117. The quantitative estimate of drug-likeness (QED) is 0.592. The van der Waals surface area contributed by atoms with Crippen molar-refractivity contribution in [3.63, 3.8) is 0 Å². The monoisotopic (exact) mass is 425 g/mol. The number of ether oxygens (including phenoxy) is 1. The lowest BCUT2D eigenvalue weighted by Gasteiger charge is -2.26. The van der Waals surface area contributed by atoms with Gasteiger partial charge in [-0.05, 0) is 87.7 Å². The van der Waals surface area contributed by atoms with Crippen LogP contribution in [0, 0.1) is 5.82 Å². The Morgan fingerprint density at radius 2 is 1.87 bits per heavy atom. The zero-order valence-electron chi connectivity index (χ0n) is 18.2. The maximum atomic E-state index is 13.1. The minimum atomic E-state index is -0.254. The van der Waals surface area contributed by atoms with Crippen LogP contribution in [-0.2, 0) is 4.79 Å². The topological polar surface area (TPSA) is 44.8 Å². The molecule has 5 nitrogen and oxygen atoms in total. The maximum Gasteiger partial charge on any atom is 0.227 e. The first-order valence-corrected chi connectivity index (χ1v) is 11.4. The van der Waals surface area contributed by atoms with Gasteiger partial charge in [0.1, 0.15) is 11.6 Å². The van der Waals surface area contributed by atoms with Gasteiger partial charge in [-0.3, -0.25) is 4.79 Å². The number of nitrogens with zero attached hydrogens (tertiary/aromatic N) is 2. The molecule has 1 N–H and O–H groups in total. The second kappa shape index (κ2) is 10.1. The summed E-state index contributed by atoms with van der Waals surface area (Å²) in [5.41, 5.74) is 1.75. The van der Waals surface area contributed by atoms with Crippen LogP contribution in [0.25, 0.3) is 0 Å². The molecule has 4 rings (SSSR count). The number of halogens is 1. The zero-order valence-corrected chi connectivity index (χ0v) is 18.2. The fraction of sp³-hybridized carbons (Fsp3) is 0.480. The summed E-state index contributed by atoms with van der Waals surface area (Å²) < 4.78 is 19.0. The van der Waals surface area contributed by atoms with Crippen molar-refractivity contribution in [2.45, 2.75) is 51.1 Å². The fourth-order valence-corrected chi connectivity index (χ4v) is 4.58. The first-order chi connectivity index (χ1) is 15.1. The third-order valence-electron chi connectivity index (χ3n) is 6.38. The van der Waals surface area contributed by atoms with Gasteiger partial charge >= 0.3 is 0 Å². The van der Waals surface area contributed by atoms with Gasteiger partial charge in [0.15, 0.2) is 0 Å². The summed E-state index contributed by atoms with van der Waals surface area (Å²) in [6.07, 6.45) is 4.98. The van der Waals surface area contributed by atoms with Crippen LogP contribution < -0.4 is 15.0 Å². The van der Waals surface area contributed by atoms with Crippen LogP contribution in [-0.4, -0.2) is 49.1 Å². The first-order valence-electron chi connectivity index (χ1n) is 11.4. The highest BCUT2D eigenvalue weighted by atomic mass is 19.1. The molecule has 166 valence electrons. The Labute approximate surface area is 184 Å². The van der Waals surface area contributed by atoms with Crippen molar-refractivity contribution >= 4 is 17.3 Å². The zero-order chi connectivity index (χ0) is 21.6. The number of hydrogen-bond donors (Lipinski definition) is 1. The number of amides is 1. The molecule has 1 amide bonds. The Bertz CT molecular complexity index is 856. The number of carbonyl (C=O) groups excluding carboxylic acids is 1. The molecule has 6 heteroatoms. The van der Waals surface area contributed by atoms with E-state index in [0.717, 1.165) is 36.5 Å². The van der Waals surface area contributed by atoms with Gasteiger partial charge in [-0.1, -0.05) is 0 Å². The molecule has 0 radical (unpaired) electrons. The number of rotatable bonds is 9. The van der Waals surface area contributed by atoms with Crippen molar-refractivity contribution in [2.24, 2.45) is 0 Å². The molecule has 0 aliphatic carbocycles. The van der Waals surface area contributed by atoms with Crippen molar-refractivity contribution in [3.8, 4) is 5.75 Å². The number of likely N-dealkylation sites (tertiary alicyclic amines) is 1. The Morgan fingerprint density at radius 3 is 2.58 bits per heavy atom. The maximum absolute atomic E-state index is 13.1. The SMILES string of the molecule is CC1CCCN1CCCOc1ccc(N2C(=O)CCC2CNc2ccc(F)cc2)cc1. The average Bonchev–Trinajstić information content (AvgIpc) is 3.36. The Morgan fingerprint density at radius 1 is 1.10 bits per heavy atom. The molecule has 0 spiro atoms. The standard InChI is InChI=1S/C25H32FN3O2/c1-19-4-2-15-28(19)16-3-17-31-24-12-9-22(10-13-24)29-23(11-14-25(29)30)18-27-21-7-5-20(26)6-8-21/h5-10,12-13,19,23,27H,2-4,11,14-18H2,1H3. The van der Waals surface area contributed by atoms with Crippen LogP contribution in [0.4, 0.5) is 15.8 Å². The van der Waals surface area contributed by atoms with Crippen LogP contribution >= 0.6 is 0 Å². The van der Waals surface area contributed by atoms with E-state index in [9.17, 15) is 9.18 Å². The second-order valence-electron chi connectivity index (χ2n) is 8.57. The second-order valence-corrected chi connectivity index (χ2v) is 8.57. The van der Waals surface area contributed by atoms with Gasteiger partial charge in [0.05, 0.1) is 12.6 Å². The van der Waals surface area contributed by atoms with Crippen LogP contribution in [0.1, 0.15) is 39.0 Å². The molecule has 2 aliphatic heterocycles. The highest BCUT2D eigenvalue weighted by Crippen LogP contribution is 2.29. The average molecular weight is 426 g/mol. The van der Waals surface area contributed by atoms with Gasteiger partial charge in [-0.15, -0.1) is 0 Å². The largest absolute Gasteiger partial charge is 0.494 e. The molecule has 0 bridgehead atoms. The molecule has 2 fully saturated rings. The van der Waals surface area contributed by atoms with Crippen LogP contribution in [0.2, 0.25) is 0 Å². The Balaban J connectivity index is 1.28. The predicted octanol–water partition coefficient (Wildman–Crippen LogP) is 4.69. The van der Waals surface area contributed by atoms with E-state index in [1.165, 1.54) is 31.5 Å². The summed E-state index contributed by atoms with van der Waals surface area (Å²) in [6.45, 7) is 5.93. The summed E-state index contributed by atoms with van der Waals surface area (Å²) >= 11 is 0. The molecule has 2 aromatic rings. The number of benzene rings is 2.